The molecule has 1 N–H and O–H groups in total. The summed E-state index contributed by atoms with van der Waals surface area (Å²) in [4.78, 5) is 10.2. The van der Waals surface area contributed by atoms with Crippen LogP contribution in [0.2, 0.25) is 0 Å². The van der Waals surface area contributed by atoms with Gasteiger partial charge in [-0.1, -0.05) is 166 Å². The fourth-order valence-corrected chi connectivity index (χ4v) is 8.51. The summed E-state index contributed by atoms with van der Waals surface area (Å²) in [6.45, 7) is 15.3. The summed E-state index contributed by atoms with van der Waals surface area (Å²) in [5, 5.41) is 12.4. The Hall–Kier alpha value is -5.57. The number of hydrogen-bond acceptors (Lipinski definition) is 3. The SMILES string of the molecule is [2H]C([2H])([2H])c1ccc(-c2ccnc(-c3[c-]c(-c4cccc5c4nc(-c4cc(C([2H])(C)C)cc(C([2H])(C)C)c4O)n5-c4ccc(-c5c(C([2H])(C)C)cccc5C([2H])(C)C)cc4C([2H])([2H])[2H])cc(C(C)(C)C)c3)c2)cc1.[Pt]. The van der Waals surface area contributed by atoms with Crippen molar-refractivity contribution < 1.29 is 39.9 Å². The minimum Gasteiger partial charge on any atom is -0.507 e. The number of aromatic nitrogens is 3. The fourth-order valence-electron chi connectivity index (χ4n) is 8.51. The molecule has 6 aromatic carbocycles. The van der Waals surface area contributed by atoms with Gasteiger partial charge in [-0.3, -0.25) is 9.55 Å². The zero-order valence-electron chi connectivity index (χ0n) is 49.2. The van der Waals surface area contributed by atoms with Gasteiger partial charge in [0, 0.05) is 46.7 Å². The average molecular weight is 1050 g/mol. The molecule has 0 atom stereocenters. The third-order valence-corrected chi connectivity index (χ3v) is 12.1. The molecule has 0 spiro atoms. The van der Waals surface area contributed by atoms with Crippen molar-refractivity contribution in [2.24, 2.45) is 0 Å². The first-order chi connectivity index (χ1) is 34.0. The molecule has 0 saturated heterocycles. The predicted molar refractivity (Wildman–Crippen MR) is 271 cm³/mol. The van der Waals surface area contributed by atoms with Crippen LogP contribution in [0.25, 0.3) is 72.7 Å². The molecule has 65 heavy (non-hydrogen) atoms. The van der Waals surface area contributed by atoms with Gasteiger partial charge in [-0.15, -0.1) is 29.3 Å². The Balaban J connectivity index is 0.00000820. The van der Waals surface area contributed by atoms with Crippen LogP contribution in [0.3, 0.4) is 0 Å². The first kappa shape index (κ1) is 35.7. The summed E-state index contributed by atoms with van der Waals surface area (Å²) >= 11 is 0. The van der Waals surface area contributed by atoms with Crippen molar-refractivity contribution in [1.29, 1.82) is 0 Å². The summed E-state index contributed by atoms with van der Waals surface area (Å²) in [5.41, 5.74) is 9.81. The Morgan fingerprint density at radius 2 is 1.31 bits per heavy atom. The second kappa shape index (κ2) is 18.7. The molecule has 2 aromatic heterocycles. The number of pyridine rings is 1. The van der Waals surface area contributed by atoms with E-state index in [0.717, 1.165) is 16.7 Å². The van der Waals surface area contributed by atoms with Crippen LogP contribution in [-0.4, -0.2) is 19.6 Å². The number of aryl methyl sites for hydroxylation is 2. The maximum atomic E-state index is 12.4. The number of fused-ring (bicyclic) bond motifs is 1. The van der Waals surface area contributed by atoms with Crippen LogP contribution in [0.5, 0.6) is 5.75 Å². The Morgan fingerprint density at radius 1 is 0.646 bits per heavy atom. The van der Waals surface area contributed by atoms with Crippen LogP contribution in [0, 0.1) is 19.8 Å². The number of imidazole rings is 1. The third kappa shape index (κ3) is 9.30. The van der Waals surface area contributed by atoms with Crippen LogP contribution in [0.1, 0.15) is 152 Å². The summed E-state index contributed by atoms with van der Waals surface area (Å²) in [6.07, 6.45) is 1.72. The van der Waals surface area contributed by atoms with Crippen LogP contribution in [0.15, 0.2) is 121 Å². The number of aromatic hydroxyl groups is 1. The van der Waals surface area contributed by atoms with E-state index in [0.29, 0.717) is 61.2 Å². The van der Waals surface area contributed by atoms with Gasteiger partial charge in [-0.05, 0) is 123 Å². The number of nitrogens with zero attached hydrogens (tertiary/aromatic N) is 3. The van der Waals surface area contributed by atoms with E-state index in [2.05, 4.69) is 39.0 Å². The largest absolute Gasteiger partial charge is 0.507 e. The number of benzene rings is 6. The van der Waals surface area contributed by atoms with E-state index < -0.39 is 37.3 Å². The molecule has 0 aliphatic rings. The van der Waals surface area contributed by atoms with Crippen molar-refractivity contribution in [2.75, 3.05) is 0 Å². The van der Waals surface area contributed by atoms with Gasteiger partial charge >= 0.3 is 0 Å². The monoisotopic (exact) mass is 1050 g/mol. The quantitative estimate of drug-likeness (QED) is 0.139. The minimum atomic E-state index is -2.72. The third-order valence-electron chi connectivity index (χ3n) is 12.1. The predicted octanol–water partition coefficient (Wildman–Crippen LogP) is 16.7. The minimum absolute atomic E-state index is 0. The van der Waals surface area contributed by atoms with Gasteiger partial charge in [0.05, 0.1) is 22.3 Å². The van der Waals surface area contributed by atoms with Gasteiger partial charge in [0.25, 0.3) is 0 Å². The standard InChI is InChI=1S/C60H64N3O.Pt/c1-35(2)44-32-51(38(7)8)58(64)52(33-44)59-62-57-50(45-29-46(31-47(30-45)60(11,12)13)53-34-42(26-27-61-53)41-22-20-39(9)21-23-41)18-15-19-55(57)63(59)54-25-24-43(28-40(54)10)56-48(36(3)4)16-14-17-49(56)37(5)6;/h14-28,30-38,64H,1-13H3;/q-1;/i9D3,10D3,35D,36D,37D,38D;. The van der Waals surface area contributed by atoms with Crippen LogP contribution in [0.4, 0.5) is 0 Å². The molecule has 0 radical (unpaired) electrons. The van der Waals surface area contributed by atoms with E-state index in [1.54, 1.807) is 115 Å². The molecular formula is C60H64N3OPt-. The number of para-hydroxylation sites is 1. The molecule has 336 valence electrons. The van der Waals surface area contributed by atoms with Crippen LogP contribution >= 0.6 is 0 Å². The maximum absolute atomic E-state index is 12.4. The Kier molecular flexibility index (Phi) is 10.3. The molecule has 4 nitrogen and oxygen atoms in total. The Morgan fingerprint density at radius 3 is 1.94 bits per heavy atom. The van der Waals surface area contributed by atoms with Gasteiger partial charge in [0.15, 0.2) is 0 Å². The second-order valence-corrected chi connectivity index (χ2v) is 18.8. The Bertz CT molecular complexity index is 3420. The topological polar surface area (TPSA) is 50.9 Å². The van der Waals surface area contributed by atoms with E-state index >= 15 is 0 Å². The summed E-state index contributed by atoms with van der Waals surface area (Å²) in [6, 6.07) is 38.2. The zero-order chi connectivity index (χ0) is 54.5. The molecule has 5 heteroatoms. The molecular weight excluding hydrogens is 974 g/mol. The molecule has 0 saturated carbocycles. The van der Waals surface area contributed by atoms with Gasteiger partial charge in [-0.25, -0.2) is 4.98 Å². The molecule has 2 heterocycles. The fraction of sp³-hybridized carbons (Fsp3) is 0.300. The molecule has 0 amide bonds. The van der Waals surface area contributed by atoms with Crippen molar-refractivity contribution >= 4 is 11.0 Å². The van der Waals surface area contributed by atoms with Crippen molar-refractivity contribution in [3.63, 3.8) is 0 Å². The van der Waals surface area contributed by atoms with Crippen molar-refractivity contribution in [2.45, 2.75) is 119 Å². The second-order valence-electron chi connectivity index (χ2n) is 18.8. The summed E-state index contributed by atoms with van der Waals surface area (Å²) < 4.78 is 89.4. The maximum Gasteiger partial charge on any atom is 0.148 e. The van der Waals surface area contributed by atoms with Crippen molar-refractivity contribution in [3.05, 3.63) is 166 Å². The molecule has 0 aliphatic carbocycles. The smallest absolute Gasteiger partial charge is 0.148 e. The van der Waals surface area contributed by atoms with Crippen LogP contribution < -0.4 is 0 Å². The summed E-state index contributed by atoms with van der Waals surface area (Å²) in [5.74, 6) is -4.74. The van der Waals surface area contributed by atoms with Gasteiger partial charge < -0.3 is 5.11 Å². The van der Waals surface area contributed by atoms with E-state index in [4.69, 9.17) is 22.3 Å². The normalized spacial score (nSPS) is 15.2. The number of phenols is 1. The molecule has 8 rings (SSSR count). The van der Waals surface area contributed by atoms with E-state index in [1.165, 1.54) is 0 Å². The molecule has 0 unspecified atom stereocenters. The number of rotatable bonds is 10. The molecule has 0 fully saturated rings. The number of hydrogen-bond donors (Lipinski definition) is 1. The van der Waals surface area contributed by atoms with E-state index in [1.807, 2.05) is 54.6 Å². The average Bonchev–Trinajstić information content (AvgIpc) is 3.68. The first-order valence-electron chi connectivity index (χ1n) is 26.9. The molecule has 0 bridgehead atoms. The first-order valence-corrected chi connectivity index (χ1v) is 21.9. The molecule has 0 aliphatic heterocycles. The van der Waals surface area contributed by atoms with Gasteiger partial charge in [0.2, 0.25) is 0 Å². The number of phenolic OH excluding ortho intramolecular Hbond substituents is 1. The Labute approximate surface area is 416 Å². The van der Waals surface area contributed by atoms with Crippen molar-refractivity contribution in [3.8, 4) is 67.5 Å². The van der Waals surface area contributed by atoms with Crippen LogP contribution in [-0.2, 0) is 26.5 Å². The van der Waals surface area contributed by atoms with Crippen molar-refractivity contribution in [1.82, 2.24) is 14.5 Å². The summed E-state index contributed by atoms with van der Waals surface area (Å²) in [7, 11) is 0. The van der Waals surface area contributed by atoms with E-state index in [9.17, 15) is 6.48 Å². The van der Waals surface area contributed by atoms with E-state index in [-0.39, 0.29) is 66.0 Å². The van der Waals surface area contributed by atoms with Gasteiger partial charge in [-0.2, -0.15) is 0 Å². The van der Waals surface area contributed by atoms with Gasteiger partial charge in [0.1, 0.15) is 11.6 Å². The zero-order valence-corrected chi connectivity index (χ0v) is 41.4. The molecule has 8 aromatic rings.